The highest BCUT2D eigenvalue weighted by molar-refractivity contribution is 6.12. The predicted octanol–water partition coefficient (Wildman–Crippen LogP) is 3.48. The van der Waals surface area contributed by atoms with Gasteiger partial charge in [0, 0.05) is 12.5 Å². The molecule has 2 fully saturated rings. The van der Waals surface area contributed by atoms with Crippen LogP contribution in [0.3, 0.4) is 0 Å². The van der Waals surface area contributed by atoms with Crippen LogP contribution in [0.15, 0.2) is 78.9 Å². The van der Waals surface area contributed by atoms with Crippen molar-refractivity contribution >= 4 is 17.8 Å². The van der Waals surface area contributed by atoms with E-state index in [-0.39, 0.29) is 13.0 Å². The summed E-state index contributed by atoms with van der Waals surface area (Å²) in [5.74, 6) is -5.91. The Morgan fingerprint density at radius 3 is 2.29 bits per heavy atom. The number of rotatable bonds is 6. The Hall–Kier alpha value is -3.91. The Morgan fingerprint density at radius 1 is 0.914 bits per heavy atom. The van der Waals surface area contributed by atoms with Gasteiger partial charge in [-0.2, -0.15) is 0 Å². The molecule has 6 nitrogen and oxygen atoms in total. The first-order chi connectivity index (χ1) is 16.8. The lowest BCUT2D eigenvalue weighted by molar-refractivity contribution is -0.149. The van der Waals surface area contributed by atoms with Gasteiger partial charge in [0.1, 0.15) is 17.2 Å². The number of likely N-dealkylation sites (tertiary alicyclic amines) is 1. The van der Waals surface area contributed by atoms with E-state index in [2.05, 4.69) is 5.32 Å². The zero-order valence-corrected chi connectivity index (χ0v) is 18.5. The molecule has 0 radical (unpaired) electrons. The van der Waals surface area contributed by atoms with Gasteiger partial charge in [-0.1, -0.05) is 54.6 Å². The number of hydrogen-bond donors (Lipinski definition) is 2. The number of nitrogens with zero attached hydrogens (tertiary/aromatic N) is 1. The standard InChI is InChI=1S/C27H22F2N2O4/c28-19-11-9-17(10-12-19)15-31-24(32)22-21(25(33)34)23(18-7-4-8-20(29)13-18)30-27(22,26(31)35)14-16-5-2-1-3-6-16/h1-13,21-23,30H,14-15H2,(H,33,34)/t21-,22-,23-,27-/m0/s1. The summed E-state index contributed by atoms with van der Waals surface area (Å²) in [5, 5.41) is 13.4. The maximum Gasteiger partial charge on any atom is 0.309 e. The smallest absolute Gasteiger partial charge is 0.309 e. The molecular formula is C27H22F2N2O4. The molecule has 0 aliphatic carbocycles. The van der Waals surface area contributed by atoms with Gasteiger partial charge in [-0.25, -0.2) is 8.78 Å². The number of nitrogens with one attached hydrogen (secondary N) is 1. The molecule has 0 saturated carbocycles. The molecule has 2 N–H and O–H groups in total. The molecule has 2 saturated heterocycles. The van der Waals surface area contributed by atoms with Gasteiger partial charge < -0.3 is 5.11 Å². The quantitative estimate of drug-likeness (QED) is 0.532. The molecule has 0 spiro atoms. The summed E-state index contributed by atoms with van der Waals surface area (Å²) < 4.78 is 27.4. The molecule has 0 unspecified atom stereocenters. The number of benzene rings is 3. The molecule has 0 bridgehead atoms. The van der Waals surface area contributed by atoms with E-state index in [1.165, 1.54) is 42.5 Å². The lowest BCUT2D eigenvalue weighted by atomic mass is 9.76. The van der Waals surface area contributed by atoms with Crippen LogP contribution in [0.5, 0.6) is 0 Å². The van der Waals surface area contributed by atoms with Crippen LogP contribution < -0.4 is 5.32 Å². The largest absolute Gasteiger partial charge is 0.481 e. The van der Waals surface area contributed by atoms with Gasteiger partial charge in [0.15, 0.2) is 0 Å². The van der Waals surface area contributed by atoms with E-state index in [1.54, 1.807) is 30.3 Å². The second-order valence-electron chi connectivity index (χ2n) is 9.01. The highest BCUT2D eigenvalue weighted by atomic mass is 19.1. The number of imide groups is 1. The summed E-state index contributed by atoms with van der Waals surface area (Å²) in [6.07, 6.45) is 0.0819. The van der Waals surface area contributed by atoms with E-state index in [0.717, 1.165) is 10.5 Å². The normalized spacial score (nSPS) is 25.7. The fraction of sp³-hybridized carbons (Fsp3) is 0.222. The van der Waals surface area contributed by atoms with Gasteiger partial charge in [0.2, 0.25) is 5.91 Å². The van der Waals surface area contributed by atoms with Gasteiger partial charge in [-0.15, -0.1) is 0 Å². The fourth-order valence-electron chi connectivity index (χ4n) is 5.38. The van der Waals surface area contributed by atoms with Gasteiger partial charge in [0.25, 0.3) is 5.91 Å². The van der Waals surface area contributed by atoms with Crippen LogP contribution in [0.25, 0.3) is 0 Å². The molecule has 4 atom stereocenters. The van der Waals surface area contributed by atoms with Crippen LogP contribution in [-0.4, -0.2) is 33.3 Å². The number of amides is 2. The summed E-state index contributed by atoms with van der Waals surface area (Å²) in [7, 11) is 0. The Labute approximate surface area is 200 Å². The number of carbonyl (C=O) groups is 3. The minimum absolute atomic E-state index is 0.0819. The fourth-order valence-corrected chi connectivity index (χ4v) is 5.38. The van der Waals surface area contributed by atoms with Crippen LogP contribution in [0.2, 0.25) is 0 Å². The zero-order chi connectivity index (χ0) is 24.7. The summed E-state index contributed by atoms with van der Waals surface area (Å²) in [4.78, 5) is 41.1. The Bertz CT molecular complexity index is 1300. The molecule has 2 aliphatic rings. The van der Waals surface area contributed by atoms with E-state index in [0.29, 0.717) is 11.1 Å². The summed E-state index contributed by atoms with van der Waals surface area (Å²) in [5.41, 5.74) is 0.110. The molecule has 3 aromatic rings. The summed E-state index contributed by atoms with van der Waals surface area (Å²) >= 11 is 0. The first-order valence-corrected chi connectivity index (χ1v) is 11.2. The first kappa shape index (κ1) is 22.9. The lowest BCUT2D eigenvalue weighted by Crippen LogP contribution is -2.53. The van der Waals surface area contributed by atoms with E-state index in [4.69, 9.17) is 0 Å². The van der Waals surface area contributed by atoms with E-state index in [1.807, 2.05) is 6.07 Å². The lowest BCUT2D eigenvalue weighted by Gasteiger charge is -2.28. The van der Waals surface area contributed by atoms with Crippen molar-refractivity contribution < 1.29 is 28.3 Å². The van der Waals surface area contributed by atoms with Gasteiger partial charge in [-0.05, 0) is 41.0 Å². The van der Waals surface area contributed by atoms with Crippen LogP contribution in [0.4, 0.5) is 8.78 Å². The average molecular weight is 476 g/mol. The number of hydrogen-bond acceptors (Lipinski definition) is 4. The number of carboxylic acid groups (broad SMARTS) is 1. The van der Waals surface area contributed by atoms with Crippen molar-refractivity contribution in [2.24, 2.45) is 11.8 Å². The minimum atomic E-state index is -1.53. The van der Waals surface area contributed by atoms with Gasteiger partial charge in [-0.3, -0.25) is 24.6 Å². The van der Waals surface area contributed by atoms with Crippen LogP contribution in [-0.2, 0) is 27.3 Å². The molecule has 5 rings (SSSR count). The van der Waals surface area contributed by atoms with Crippen molar-refractivity contribution in [1.29, 1.82) is 0 Å². The van der Waals surface area contributed by atoms with Crippen LogP contribution in [0.1, 0.15) is 22.7 Å². The second-order valence-corrected chi connectivity index (χ2v) is 9.01. The van der Waals surface area contributed by atoms with Crippen molar-refractivity contribution in [3.8, 4) is 0 Å². The second kappa shape index (κ2) is 8.70. The van der Waals surface area contributed by atoms with Crippen molar-refractivity contribution in [2.45, 2.75) is 24.5 Å². The Morgan fingerprint density at radius 2 is 1.63 bits per heavy atom. The highest BCUT2D eigenvalue weighted by Gasteiger charge is 2.69. The summed E-state index contributed by atoms with van der Waals surface area (Å²) in [6, 6.07) is 19.0. The first-order valence-electron chi connectivity index (χ1n) is 11.2. The molecule has 0 aromatic heterocycles. The predicted molar refractivity (Wildman–Crippen MR) is 122 cm³/mol. The maximum absolute atomic E-state index is 14.0. The van der Waals surface area contributed by atoms with E-state index in [9.17, 15) is 28.3 Å². The number of halogens is 2. The molecule has 35 heavy (non-hydrogen) atoms. The number of aliphatic carboxylic acids is 1. The topological polar surface area (TPSA) is 86.7 Å². The van der Waals surface area contributed by atoms with Crippen molar-refractivity contribution in [2.75, 3.05) is 0 Å². The number of carbonyl (C=O) groups excluding carboxylic acids is 2. The molecular weight excluding hydrogens is 454 g/mol. The molecule has 8 heteroatoms. The highest BCUT2D eigenvalue weighted by Crippen LogP contribution is 2.50. The molecule has 2 aliphatic heterocycles. The van der Waals surface area contributed by atoms with Gasteiger partial charge >= 0.3 is 5.97 Å². The third kappa shape index (κ3) is 3.89. The summed E-state index contributed by atoms with van der Waals surface area (Å²) in [6.45, 7) is -0.108. The SMILES string of the molecule is O=C(O)[C@H]1[C@H]2C(=O)N(Cc3ccc(F)cc3)C(=O)[C@@]2(Cc2ccccc2)N[C@H]1c1cccc(F)c1. The number of fused-ring (bicyclic) bond motifs is 1. The van der Waals surface area contributed by atoms with Crippen molar-refractivity contribution in [3.05, 3.63) is 107 Å². The Balaban J connectivity index is 1.60. The maximum atomic E-state index is 14.0. The third-order valence-corrected chi connectivity index (χ3v) is 6.89. The monoisotopic (exact) mass is 476 g/mol. The minimum Gasteiger partial charge on any atom is -0.481 e. The zero-order valence-electron chi connectivity index (χ0n) is 18.5. The molecule has 2 amide bonds. The van der Waals surface area contributed by atoms with Gasteiger partial charge in [0.05, 0.1) is 18.4 Å². The van der Waals surface area contributed by atoms with Crippen molar-refractivity contribution in [3.63, 3.8) is 0 Å². The van der Waals surface area contributed by atoms with E-state index < -0.39 is 52.8 Å². The number of carboxylic acids is 1. The average Bonchev–Trinajstić information content (AvgIpc) is 3.28. The molecule has 3 aromatic carbocycles. The van der Waals surface area contributed by atoms with Crippen LogP contribution >= 0.6 is 0 Å². The molecule has 2 heterocycles. The van der Waals surface area contributed by atoms with Crippen molar-refractivity contribution in [1.82, 2.24) is 10.2 Å². The third-order valence-electron chi connectivity index (χ3n) is 6.89. The van der Waals surface area contributed by atoms with Crippen LogP contribution in [0, 0.1) is 23.5 Å². The Kier molecular flexibility index (Phi) is 5.68. The molecule has 178 valence electrons. The van der Waals surface area contributed by atoms with E-state index >= 15 is 0 Å².